The van der Waals surface area contributed by atoms with Gasteiger partial charge in [0.2, 0.25) is 11.7 Å². The van der Waals surface area contributed by atoms with Crippen molar-refractivity contribution in [2.24, 2.45) is 0 Å². The summed E-state index contributed by atoms with van der Waals surface area (Å²) in [6.07, 6.45) is 0.711. The van der Waals surface area contributed by atoms with E-state index < -0.39 is 0 Å². The van der Waals surface area contributed by atoms with Gasteiger partial charge in [-0.1, -0.05) is 57.1 Å². The third kappa shape index (κ3) is 4.99. The minimum atomic E-state index is -0.308. The molecule has 2 aromatic carbocycles. The molecule has 0 aliphatic carbocycles. The topological polar surface area (TPSA) is 73.9 Å². The van der Waals surface area contributed by atoms with Crippen LogP contribution in [0.15, 0.2) is 59.1 Å². The number of rotatable bonds is 6. The first-order valence-corrected chi connectivity index (χ1v) is 10.5. The Kier molecular flexibility index (Phi) is 5.99. The standard InChI is InChI=1S/C25H25FN4O2/c1-5-20-14-21(28-23(27-20)16-8-12-19(26)13-9-16)31-15-22-29-24(30-32-22)17-6-10-18(11-7-17)25(2,3)4/h6-14H,5,15H2,1-4H3. The van der Waals surface area contributed by atoms with Crippen LogP contribution in [0.2, 0.25) is 0 Å². The second-order valence-electron chi connectivity index (χ2n) is 8.51. The lowest BCUT2D eigenvalue weighted by Crippen LogP contribution is -2.10. The van der Waals surface area contributed by atoms with Gasteiger partial charge in [0.1, 0.15) is 5.82 Å². The molecule has 0 fully saturated rings. The van der Waals surface area contributed by atoms with E-state index in [0.29, 0.717) is 35.4 Å². The fourth-order valence-electron chi connectivity index (χ4n) is 3.14. The second-order valence-corrected chi connectivity index (χ2v) is 8.51. The highest BCUT2D eigenvalue weighted by Gasteiger charge is 2.15. The highest BCUT2D eigenvalue weighted by atomic mass is 19.1. The number of ether oxygens (including phenoxy) is 1. The number of aromatic nitrogens is 4. The summed E-state index contributed by atoms with van der Waals surface area (Å²) in [6, 6.07) is 15.9. The molecular weight excluding hydrogens is 407 g/mol. The molecule has 4 rings (SSSR count). The Morgan fingerprint density at radius 3 is 2.19 bits per heavy atom. The van der Waals surface area contributed by atoms with Crippen LogP contribution in [0.25, 0.3) is 22.8 Å². The summed E-state index contributed by atoms with van der Waals surface area (Å²) in [5.41, 5.74) is 3.73. The Labute approximate surface area is 186 Å². The third-order valence-electron chi connectivity index (χ3n) is 5.04. The van der Waals surface area contributed by atoms with Crippen molar-refractivity contribution in [3.8, 4) is 28.7 Å². The Morgan fingerprint density at radius 1 is 0.875 bits per heavy atom. The molecule has 4 aromatic rings. The lowest BCUT2D eigenvalue weighted by Gasteiger charge is -2.18. The second kappa shape index (κ2) is 8.86. The maximum absolute atomic E-state index is 13.2. The first-order chi connectivity index (χ1) is 15.3. The SMILES string of the molecule is CCc1cc(OCc2nc(-c3ccc(C(C)(C)C)cc3)no2)nc(-c2ccc(F)cc2)n1. The van der Waals surface area contributed by atoms with E-state index in [9.17, 15) is 4.39 Å². The summed E-state index contributed by atoms with van der Waals surface area (Å²) in [5, 5.41) is 4.06. The molecule has 0 saturated heterocycles. The van der Waals surface area contributed by atoms with E-state index in [-0.39, 0.29) is 17.8 Å². The molecule has 0 unspecified atom stereocenters. The van der Waals surface area contributed by atoms with Crippen LogP contribution in [0.5, 0.6) is 5.88 Å². The third-order valence-corrected chi connectivity index (χ3v) is 5.04. The molecule has 0 N–H and O–H groups in total. The van der Waals surface area contributed by atoms with Crippen molar-refractivity contribution in [3.05, 3.63) is 77.6 Å². The predicted molar refractivity (Wildman–Crippen MR) is 120 cm³/mol. The Bertz CT molecular complexity index is 1200. The Balaban J connectivity index is 1.49. The van der Waals surface area contributed by atoms with E-state index in [1.54, 1.807) is 18.2 Å². The quantitative estimate of drug-likeness (QED) is 0.385. The molecule has 6 nitrogen and oxygen atoms in total. The maximum atomic E-state index is 13.2. The van der Waals surface area contributed by atoms with Crippen molar-refractivity contribution in [1.82, 2.24) is 20.1 Å². The number of nitrogens with zero attached hydrogens (tertiary/aromatic N) is 4. The smallest absolute Gasteiger partial charge is 0.264 e. The van der Waals surface area contributed by atoms with Crippen molar-refractivity contribution in [2.75, 3.05) is 0 Å². The molecule has 2 aromatic heterocycles. The minimum Gasteiger partial charge on any atom is -0.467 e. The first-order valence-electron chi connectivity index (χ1n) is 10.5. The van der Waals surface area contributed by atoms with Crippen LogP contribution >= 0.6 is 0 Å². The molecule has 0 saturated carbocycles. The molecule has 0 aliphatic heterocycles. The van der Waals surface area contributed by atoms with E-state index in [1.807, 2.05) is 19.1 Å². The van der Waals surface area contributed by atoms with Gasteiger partial charge in [-0.2, -0.15) is 9.97 Å². The van der Waals surface area contributed by atoms with Gasteiger partial charge < -0.3 is 9.26 Å². The molecule has 0 atom stereocenters. The largest absolute Gasteiger partial charge is 0.467 e. The zero-order valence-electron chi connectivity index (χ0n) is 18.6. The number of hydrogen-bond donors (Lipinski definition) is 0. The van der Waals surface area contributed by atoms with Gasteiger partial charge in [0.15, 0.2) is 12.4 Å². The van der Waals surface area contributed by atoms with E-state index in [4.69, 9.17) is 9.26 Å². The zero-order chi connectivity index (χ0) is 22.7. The Morgan fingerprint density at radius 2 is 1.53 bits per heavy atom. The van der Waals surface area contributed by atoms with Crippen LogP contribution in [0.4, 0.5) is 4.39 Å². The van der Waals surface area contributed by atoms with Gasteiger partial charge in [0.25, 0.3) is 5.89 Å². The molecule has 2 heterocycles. The number of hydrogen-bond acceptors (Lipinski definition) is 6. The molecule has 32 heavy (non-hydrogen) atoms. The van der Waals surface area contributed by atoms with Gasteiger partial charge >= 0.3 is 0 Å². The summed E-state index contributed by atoms with van der Waals surface area (Å²) in [5.74, 6) is 1.42. The molecule has 0 radical (unpaired) electrons. The molecule has 0 spiro atoms. The number of aryl methyl sites for hydroxylation is 1. The summed E-state index contributed by atoms with van der Waals surface area (Å²) in [7, 11) is 0. The Hall–Kier alpha value is -3.61. The van der Waals surface area contributed by atoms with Crippen LogP contribution in [0.1, 0.15) is 44.8 Å². The predicted octanol–water partition coefficient (Wildman–Crippen LogP) is 5.77. The van der Waals surface area contributed by atoms with Crippen molar-refractivity contribution < 1.29 is 13.7 Å². The van der Waals surface area contributed by atoms with Crippen LogP contribution < -0.4 is 4.74 Å². The van der Waals surface area contributed by atoms with Crippen molar-refractivity contribution in [2.45, 2.75) is 46.1 Å². The van der Waals surface area contributed by atoms with E-state index in [0.717, 1.165) is 11.3 Å². The molecular formula is C25H25FN4O2. The van der Waals surface area contributed by atoms with Crippen molar-refractivity contribution in [3.63, 3.8) is 0 Å². The average Bonchev–Trinajstić information content (AvgIpc) is 3.26. The highest BCUT2D eigenvalue weighted by molar-refractivity contribution is 5.56. The van der Waals surface area contributed by atoms with Crippen LogP contribution in [0, 0.1) is 5.82 Å². The van der Waals surface area contributed by atoms with Gasteiger partial charge in [-0.3, -0.25) is 0 Å². The van der Waals surface area contributed by atoms with Crippen molar-refractivity contribution in [1.29, 1.82) is 0 Å². The maximum Gasteiger partial charge on any atom is 0.264 e. The first kappa shape index (κ1) is 21.6. The van der Waals surface area contributed by atoms with Crippen LogP contribution in [0.3, 0.4) is 0 Å². The van der Waals surface area contributed by atoms with Gasteiger partial charge in [0, 0.05) is 22.9 Å². The summed E-state index contributed by atoms with van der Waals surface area (Å²) >= 11 is 0. The molecule has 7 heteroatoms. The van der Waals surface area contributed by atoms with Crippen LogP contribution in [-0.2, 0) is 18.4 Å². The highest BCUT2D eigenvalue weighted by Crippen LogP contribution is 2.25. The van der Waals surface area contributed by atoms with Gasteiger partial charge in [0.05, 0.1) is 0 Å². The van der Waals surface area contributed by atoms with Crippen molar-refractivity contribution >= 4 is 0 Å². The summed E-state index contributed by atoms with van der Waals surface area (Å²) < 4.78 is 24.4. The lowest BCUT2D eigenvalue weighted by molar-refractivity contribution is 0.235. The summed E-state index contributed by atoms with van der Waals surface area (Å²) in [4.78, 5) is 13.4. The zero-order valence-corrected chi connectivity index (χ0v) is 18.6. The molecule has 0 bridgehead atoms. The van der Waals surface area contributed by atoms with Gasteiger partial charge in [-0.15, -0.1) is 0 Å². The average molecular weight is 432 g/mol. The van der Waals surface area contributed by atoms with Gasteiger partial charge in [-0.05, 0) is 41.7 Å². The summed E-state index contributed by atoms with van der Waals surface area (Å²) in [6.45, 7) is 8.59. The van der Waals surface area contributed by atoms with E-state index >= 15 is 0 Å². The lowest BCUT2D eigenvalue weighted by atomic mass is 9.87. The van der Waals surface area contributed by atoms with E-state index in [2.05, 4.69) is 53.0 Å². The van der Waals surface area contributed by atoms with Crippen LogP contribution in [-0.4, -0.2) is 20.1 Å². The van der Waals surface area contributed by atoms with E-state index in [1.165, 1.54) is 17.7 Å². The molecule has 0 amide bonds. The monoisotopic (exact) mass is 432 g/mol. The number of halogens is 1. The number of benzene rings is 2. The fourth-order valence-corrected chi connectivity index (χ4v) is 3.14. The fraction of sp³-hybridized carbons (Fsp3) is 0.280. The molecule has 164 valence electrons. The van der Waals surface area contributed by atoms with Gasteiger partial charge in [-0.25, -0.2) is 9.37 Å². The molecule has 0 aliphatic rings. The minimum absolute atomic E-state index is 0.0795. The normalized spacial score (nSPS) is 11.5.